The van der Waals surface area contributed by atoms with E-state index >= 15 is 0 Å². The van der Waals surface area contributed by atoms with E-state index in [0.717, 1.165) is 15.7 Å². The molecule has 0 aliphatic carbocycles. The SMILES string of the molecule is Cc1ccc(Cn2cnc3c2c(=O)n(C)c(=O)n3Cc2ccc(O)c(O)c2)cc1O. The highest BCUT2D eigenvalue weighted by Crippen LogP contribution is 2.25. The summed E-state index contributed by atoms with van der Waals surface area (Å²) in [5, 5.41) is 29.2. The molecule has 4 rings (SSSR count). The molecule has 2 aromatic carbocycles. The van der Waals surface area contributed by atoms with E-state index in [1.165, 1.54) is 30.1 Å². The molecule has 154 valence electrons. The average Bonchev–Trinajstić information content (AvgIpc) is 3.12. The Balaban J connectivity index is 1.84. The molecule has 0 saturated carbocycles. The van der Waals surface area contributed by atoms with Gasteiger partial charge < -0.3 is 19.9 Å². The van der Waals surface area contributed by atoms with Gasteiger partial charge in [0.05, 0.1) is 12.9 Å². The summed E-state index contributed by atoms with van der Waals surface area (Å²) in [4.78, 5) is 29.8. The van der Waals surface area contributed by atoms with Crippen LogP contribution in [0.3, 0.4) is 0 Å². The molecular formula is C21H20N4O5. The lowest BCUT2D eigenvalue weighted by atomic mass is 10.1. The number of aromatic nitrogens is 4. The number of aryl methyl sites for hydroxylation is 1. The zero-order valence-corrected chi connectivity index (χ0v) is 16.4. The molecule has 0 fully saturated rings. The molecule has 0 saturated heterocycles. The van der Waals surface area contributed by atoms with Crippen LogP contribution < -0.4 is 11.2 Å². The van der Waals surface area contributed by atoms with Gasteiger partial charge >= 0.3 is 5.69 Å². The minimum atomic E-state index is -0.543. The molecule has 0 spiro atoms. The number of aromatic hydroxyl groups is 3. The first-order chi connectivity index (χ1) is 14.3. The first-order valence-electron chi connectivity index (χ1n) is 9.20. The van der Waals surface area contributed by atoms with E-state index in [4.69, 9.17) is 0 Å². The van der Waals surface area contributed by atoms with Crippen molar-refractivity contribution in [1.82, 2.24) is 18.7 Å². The van der Waals surface area contributed by atoms with Crippen molar-refractivity contribution in [2.45, 2.75) is 20.0 Å². The molecule has 0 aliphatic rings. The Morgan fingerprint density at radius 1 is 0.900 bits per heavy atom. The number of hydrogen-bond donors (Lipinski definition) is 3. The molecule has 0 radical (unpaired) electrons. The molecule has 0 atom stereocenters. The van der Waals surface area contributed by atoms with Gasteiger partial charge in [-0.25, -0.2) is 9.78 Å². The van der Waals surface area contributed by atoms with Crippen molar-refractivity contribution >= 4 is 11.2 Å². The summed E-state index contributed by atoms with van der Waals surface area (Å²) in [6.07, 6.45) is 1.48. The quantitative estimate of drug-likeness (QED) is 0.439. The third-order valence-corrected chi connectivity index (χ3v) is 5.11. The van der Waals surface area contributed by atoms with Crippen molar-refractivity contribution in [3.05, 3.63) is 80.3 Å². The van der Waals surface area contributed by atoms with E-state index in [1.807, 2.05) is 6.07 Å². The monoisotopic (exact) mass is 408 g/mol. The molecule has 9 heteroatoms. The third kappa shape index (κ3) is 3.20. The summed E-state index contributed by atoms with van der Waals surface area (Å²) in [6, 6.07) is 9.52. The fraction of sp³-hybridized carbons (Fsp3) is 0.190. The van der Waals surface area contributed by atoms with Gasteiger partial charge in [-0.1, -0.05) is 18.2 Å². The zero-order valence-electron chi connectivity index (χ0n) is 16.4. The van der Waals surface area contributed by atoms with Gasteiger partial charge in [0, 0.05) is 13.6 Å². The normalized spacial score (nSPS) is 11.3. The van der Waals surface area contributed by atoms with Crippen molar-refractivity contribution in [3.63, 3.8) is 0 Å². The second kappa shape index (κ2) is 7.11. The van der Waals surface area contributed by atoms with Crippen molar-refractivity contribution in [2.24, 2.45) is 7.05 Å². The van der Waals surface area contributed by atoms with Gasteiger partial charge in [-0.3, -0.25) is 13.9 Å². The Bertz CT molecular complexity index is 1400. The number of phenolic OH excluding ortho intramolecular Hbond substituents is 3. The average molecular weight is 408 g/mol. The Kier molecular flexibility index (Phi) is 4.57. The first-order valence-corrected chi connectivity index (χ1v) is 9.20. The second-order valence-electron chi connectivity index (χ2n) is 7.22. The summed E-state index contributed by atoms with van der Waals surface area (Å²) in [7, 11) is 1.39. The maximum Gasteiger partial charge on any atom is 0.332 e. The Morgan fingerprint density at radius 2 is 1.57 bits per heavy atom. The number of imidazole rings is 1. The van der Waals surface area contributed by atoms with Crippen LogP contribution in [0.5, 0.6) is 17.2 Å². The van der Waals surface area contributed by atoms with Crippen LogP contribution in [-0.4, -0.2) is 34.0 Å². The summed E-state index contributed by atoms with van der Waals surface area (Å²) in [6.45, 7) is 2.14. The topological polar surface area (TPSA) is 123 Å². The lowest BCUT2D eigenvalue weighted by Crippen LogP contribution is -2.39. The molecule has 0 aliphatic heterocycles. The number of phenols is 3. The second-order valence-corrected chi connectivity index (χ2v) is 7.22. The van der Waals surface area contributed by atoms with Gasteiger partial charge in [-0.2, -0.15) is 0 Å². The van der Waals surface area contributed by atoms with Gasteiger partial charge in [0.15, 0.2) is 22.7 Å². The fourth-order valence-corrected chi connectivity index (χ4v) is 3.37. The minimum Gasteiger partial charge on any atom is -0.508 e. The van der Waals surface area contributed by atoms with Crippen molar-refractivity contribution in [3.8, 4) is 17.2 Å². The highest BCUT2D eigenvalue weighted by molar-refractivity contribution is 5.70. The Morgan fingerprint density at radius 3 is 2.27 bits per heavy atom. The zero-order chi connectivity index (χ0) is 21.6. The number of rotatable bonds is 4. The van der Waals surface area contributed by atoms with Crippen molar-refractivity contribution in [2.75, 3.05) is 0 Å². The predicted molar refractivity (Wildman–Crippen MR) is 110 cm³/mol. The molecule has 3 N–H and O–H groups in total. The predicted octanol–water partition coefficient (Wildman–Crippen LogP) is 1.42. The minimum absolute atomic E-state index is 0.0552. The summed E-state index contributed by atoms with van der Waals surface area (Å²) >= 11 is 0. The van der Waals surface area contributed by atoms with Crippen molar-refractivity contribution in [1.29, 1.82) is 0 Å². The Hall–Kier alpha value is -4.01. The standard InChI is InChI=1S/C21H20N4O5/c1-12-3-4-13(7-16(12)27)9-24-11-22-19-18(24)20(29)23(2)21(30)25(19)10-14-5-6-15(26)17(28)8-14/h3-8,11,26-28H,9-10H2,1-2H3. The van der Waals surface area contributed by atoms with Crippen molar-refractivity contribution < 1.29 is 15.3 Å². The molecule has 2 aromatic heterocycles. The summed E-state index contributed by atoms with van der Waals surface area (Å²) in [5.74, 6) is -0.400. The maximum absolute atomic E-state index is 12.8. The van der Waals surface area contributed by atoms with Crippen LogP contribution in [0.15, 0.2) is 52.3 Å². The van der Waals surface area contributed by atoms with Crippen LogP contribution in [0.2, 0.25) is 0 Å². The lowest BCUT2D eigenvalue weighted by molar-refractivity contribution is 0.403. The van der Waals surface area contributed by atoms with E-state index < -0.39 is 11.2 Å². The highest BCUT2D eigenvalue weighted by Gasteiger charge is 2.17. The van der Waals surface area contributed by atoms with Gasteiger partial charge in [-0.15, -0.1) is 0 Å². The van der Waals surface area contributed by atoms with Crippen LogP contribution in [0, 0.1) is 6.92 Å². The van der Waals surface area contributed by atoms with Gasteiger partial charge in [0.2, 0.25) is 0 Å². The largest absolute Gasteiger partial charge is 0.508 e. The maximum atomic E-state index is 12.8. The van der Waals surface area contributed by atoms with Gasteiger partial charge in [-0.05, 0) is 41.8 Å². The number of fused-ring (bicyclic) bond motifs is 1. The van der Waals surface area contributed by atoms with Crippen LogP contribution >= 0.6 is 0 Å². The van der Waals surface area contributed by atoms with Crippen LogP contribution in [0.25, 0.3) is 11.2 Å². The number of benzene rings is 2. The Labute approximate surface area is 170 Å². The van der Waals surface area contributed by atoms with Gasteiger partial charge in [0.1, 0.15) is 5.75 Å². The van der Waals surface area contributed by atoms with Crippen LogP contribution in [0.1, 0.15) is 16.7 Å². The molecule has 30 heavy (non-hydrogen) atoms. The van der Waals surface area contributed by atoms with E-state index in [9.17, 15) is 24.9 Å². The van der Waals surface area contributed by atoms with E-state index in [1.54, 1.807) is 29.7 Å². The van der Waals surface area contributed by atoms with E-state index in [0.29, 0.717) is 5.56 Å². The summed E-state index contributed by atoms with van der Waals surface area (Å²) < 4.78 is 3.98. The van der Waals surface area contributed by atoms with Crippen LogP contribution in [0.4, 0.5) is 0 Å². The van der Waals surface area contributed by atoms with Crippen LogP contribution in [-0.2, 0) is 20.1 Å². The fourth-order valence-electron chi connectivity index (χ4n) is 3.37. The number of hydrogen-bond acceptors (Lipinski definition) is 6. The number of nitrogens with zero attached hydrogens (tertiary/aromatic N) is 4. The van der Waals surface area contributed by atoms with E-state index in [2.05, 4.69) is 4.98 Å². The molecule has 2 heterocycles. The molecule has 4 aromatic rings. The highest BCUT2D eigenvalue weighted by atomic mass is 16.3. The lowest BCUT2D eigenvalue weighted by Gasteiger charge is -2.11. The van der Waals surface area contributed by atoms with E-state index in [-0.39, 0.29) is 41.5 Å². The molecule has 0 bridgehead atoms. The molecule has 9 nitrogen and oxygen atoms in total. The smallest absolute Gasteiger partial charge is 0.332 e. The molecule has 0 unspecified atom stereocenters. The third-order valence-electron chi connectivity index (χ3n) is 5.11. The first kappa shape index (κ1) is 19.3. The summed E-state index contributed by atoms with van der Waals surface area (Å²) in [5.41, 5.74) is 1.53. The molecule has 0 amide bonds. The molecular weight excluding hydrogens is 388 g/mol. The van der Waals surface area contributed by atoms with Gasteiger partial charge in [0.25, 0.3) is 5.56 Å².